The van der Waals surface area contributed by atoms with E-state index in [0.717, 1.165) is 17.9 Å². The maximum absolute atomic E-state index is 11.9. The molecule has 1 amide bonds. The molecule has 0 fully saturated rings. The Morgan fingerprint density at radius 2 is 2.29 bits per heavy atom. The molecule has 0 saturated heterocycles. The Morgan fingerprint density at radius 1 is 1.59 bits per heavy atom. The van der Waals surface area contributed by atoms with E-state index in [-0.39, 0.29) is 5.91 Å². The number of carbonyl (C=O) groups excluding carboxylic acids is 1. The van der Waals surface area contributed by atoms with Gasteiger partial charge in [0, 0.05) is 13.6 Å². The zero-order valence-electron chi connectivity index (χ0n) is 10.6. The van der Waals surface area contributed by atoms with Crippen LogP contribution in [0.3, 0.4) is 0 Å². The van der Waals surface area contributed by atoms with Gasteiger partial charge in [0.2, 0.25) is 0 Å². The number of thioether (sulfide) groups is 1. The number of carbonyl (C=O) groups is 1. The molecule has 1 aromatic rings. The Bertz CT molecular complexity index is 389. The van der Waals surface area contributed by atoms with E-state index >= 15 is 0 Å². The molecule has 0 aromatic carbocycles. The quantitative estimate of drug-likeness (QED) is 0.750. The minimum Gasteiger partial charge on any atom is -0.395 e. The van der Waals surface area contributed by atoms with Crippen molar-refractivity contribution in [1.82, 2.24) is 15.1 Å². The average molecular weight is 256 g/mol. The SMILES string of the molecule is CCSCCCNC(=O)c1c(N)c(C)nn1C. The van der Waals surface area contributed by atoms with Crippen LogP contribution >= 0.6 is 11.8 Å². The molecular weight excluding hydrogens is 236 g/mol. The van der Waals surface area contributed by atoms with Crippen LogP contribution in [0.5, 0.6) is 0 Å². The first kappa shape index (κ1) is 13.9. The van der Waals surface area contributed by atoms with E-state index < -0.39 is 0 Å². The van der Waals surface area contributed by atoms with E-state index in [2.05, 4.69) is 17.3 Å². The highest BCUT2D eigenvalue weighted by Gasteiger charge is 2.16. The van der Waals surface area contributed by atoms with Gasteiger partial charge in [0.15, 0.2) is 0 Å². The number of rotatable bonds is 6. The fraction of sp³-hybridized carbons (Fsp3) is 0.636. The average Bonchev–Trinajstić information content (AvgIpc) is 2.53. The van der Waals surface area contributed by atoms with Crippen LogP contribution in [0.25, 0.3) is 0 Å². The largest absolute Gasteiger partial charge is 0.395 e. The van der Waals surface area contributed by atoms with E-state index in [0.29, 0.717) is 23.6 Å². The van der Waals surface area contributed by atoms with Gasteiger partial charge < -0.3 is 11.1 Å². The molecule has 0 atom stereocenters. The topological polar surface area (TPSA) is 72.9 Å². The molecule has 1 heterocycles. The molecule has 0 aliphatic rings. The van der Waals surface area contributed by atoms with Gasteiger partial charge in [-0.3, -0.25) is 9.48 Å². The molecule has 17 heavy (non-hydrogen) atoms. The summed E-state index contributed by atoms with van der Waals surface area (Å²) in [5.41, 5.74) is 7.42. The molecule has 3 N–H and O–H groups in total. The normalized spacial score (nSPS) is 10.5. The number of nitrogens with one attached hydrogen (secondary N) is 1. The first-order valence-electron chi connectivity index (χ1n) is 5.73. The van der Waals surface area contributed by atoms with Gasteiger partial charge in [0.05, 0.1) is 11.4 Å². The molecule has 1 rings (SSSR count). The van der Waals surface area contributed by atoms with Crippen LogP contribution in [-0.4, -0.2) is 33.7 Å². The van der Waals surface area contributed by atoms with E-state index in [1.807, 2.05) is 11.8 Å². The molecule has 0 unspecified atom stereocenters. The molecule has 0 aliphatic heterocycles. The maximum atomic E-state index is 11.9. The number of nitrogens with two attached hydrogens (primary N) is 1. The van der Waals surface area contributed by atoms with Gasteiger partial charge in [-0.1, -0.05) is 6.92 Å². The van der Waals surface area contributed by atoms with E-state index in [9.17, 15) is 4.79 Å². The number of anilines is 1. The summed E-state index contributed by atoms with van der Waals surface area (Å²) in [5, 5.41) is 6.98. The third-order valence-electron chi connectivity index (χ3n) is 2.44. The summed E-state index contributed by atoms with van der Waals surface area (Å²) in [5.74, 6) is 2.03. The second kappa shape index (κ2) is 6.54. The number of nitrogen functional groups attached to an aromatic ring is 1. The number of hydrogen-bond acceptors (Lipinski definition) is 4. The van der Waals surface area contributed by atoms with Gasteiger partial charge in [-0.25, -0.2) is 0 Å². The van der Waals surface area contributed by atoms with Crippen molar-refractivity contribution in [2.24, 2.45) is 7.05 Å². The van der Waals surface area contributed by atoms with Crippen LogP contribution in [0.4, 0.5) is 5.69 Å². The molecule has 0 radical (unpaired) electrons. The van der Waals surface area contributed by atoms with Crippen molar-refractivity contribution < 1.29 is 4.79 Å². The molecular formula is C11H20N4OS. The van der Waals surface area contributed by atoms with E-state index in [1.54, 1.807) is 14.0 Å². The lowest BCUT2D eigenvalue weighted by Gasteiger charge is -2.05. The molecule has 6 heteroatoms. The lowest BCUT2D eigenvalue weighted by atomic mass is 10.3. The van der Waals surface area contributed by atoms with Crippen molar-refractivity contribution >= 4 is 23.4 Å². The number of hydrogen-bond donors (Lipinski definition) is 2. The smallest absolute Gasteiger partial charge is 0.271 e. The summed E-state index contributed by atoms with van der Waals surface area (Å²) in [4.78, 5) is 11.9. The summed E-state index contributed by atoms with van der Waals surface area (Å²) in [7, 11) is 1.73. The summed E-state index contributed by atoms with van der Waals surface area (Å²) in [6.45, 7) is 4.60. The first-order valence-corrected chi connectivity index (χ1v) is 6.88. The zero-order chi connectivity index (χ0) is 12.8. The van der Waals surface area contributed by atoms with Crippen LogP contribution in [0.2, 0.25) is 0 Å². The third kappa shape index (κ3) is 3.66. The Morgan fingerprint density at radius 3 is 2.82 bits per heavy atom. The van der Waals surface area contributed by atoms with Gasteiger partial charge in [-0.2, -0.15) is 16.9 Å². The predicted molar refractivity (Wildman–Crippen MR) is 72.3 cm³/mol. The van der Waals surface area contributed by atoms with Crippen LogP contribution in [-0.2, 0) is 7.05 Å². The first-order chi connectivity index (χ1) is 8.07. The molecule has 96 valence electrons. The molecule has 0 saturated carbocycles. The summed E-state index contributed by atoms with van der Waals surface area (Å²) in [6.07, 6.45) is 0.973. The van der Waals surface area contributed by atoms with Crippen molar-refractivity contribution in [3.05, 3.63) is 11.4 Å². The van der Waals surface area contributed by atoms with Crippen molar-refractivity contribution in [3.63, 3.8) is 0 Å². The van der Waals surface area contributed by atoms with Crippen LogP contribution in [0.1, 0.15) is 29.5 Å². The van der Waals surface area contributed by atoms with Gasteiger partial charge >= 0.3 is 0 Å². The monoisotopic (exact) mass is 256 g/mol. The Balaban J connectivity index is 2.47. The van der Waals surface area contributed by atoms with Crippen LogP contribution in [0, 0.1) is 6.92 Å². The van der Waals surface area contributed by atoms with Crippen LogP contribution < -0.4 is 11.1 Å². The number of aryl methyl sites for hydroxylation is 2. The number of nitrogens with zero attached hydrogens (tertiary/aromatic N) is 2. The third-order valence-corrected chi connectivity index (χ3v) is 3.42. The number of amides is 1. The molecule has 5 nitrogen and oxygen atoms in total. The summed E-state index contributed by atoms with van der Waals surface area (Å²) in [6, 6.07) is 0. The van der Waals surface area contributed by atoms with Crippen molar-refractivity contribution in [3.8, 4) is 0 Å². The molecule has 0 bridgehead atoms. The van der Waals surface area contributed by atoms with Crippen LogP contribution in [0.15, 0.2) is 0 Å². The highest BCUT2D eigenvalue weighted by atomic mass is 32.2. The Hall–Kier alpha value is -1.17. The van der Waals surface area contributed by atoms with Crippen molar-refractivity contribution in [2.75, 3.05) is 23.8 Å². The Kier molecular flexibility index (Phi) is 5.34. The lowest BCUT2D eigenvalue weighted by Crippen LogP contribution is -2.27. The lowest BCUT2D eigenvalue weighted by molar-refractivity contribution is 0.0945. The predicted octanol–water partition coefficient (Wildman–Crippen LogP) is 1.18. The summed E-state index contributed by atoms with van der Waals surface area (Å²) >= 11 is 1.87. The fourth-order valence-corrected chi connectivity index (χ4v) is 2.19. The van der Waals surface area contributed by atoms with Gasteiger partial charge in [0.25, 0.3) is 5.91 Å². The molecule has 0 aliphatic carbocycles. The minimum atomic E-state index is -0.146. The van der Waals surface area contributed by atoms with Crippen molar-refractivity contribution in [1.29, 1.82) is 0 Å². The fourth-order valence-electron chi connectivity index (χ4n) is 1.55. The highest BCUT2D eigenvalue weighted by Crippen LogP contribution is 2.14. The van der Waals surface area contributed by atoms with Gasteiger partial charge in [-0.15, -0.1) is 0 Å². The highest BCUT2D eigenvalue weighted by molar-refractivity contribution is 7.99. The Labute approximate surface area is 106 Å². The van der Waals surface area contributed by atoms with Crippen molar-refractivity contribution in [2.45, 2.75) is 20.3 Å². The maximum Gasteiger partial charge on any atom is 0.271 e. The minimum absolute atomic E-state index is 0.146. The second-order valence-corrected chi connectivity index (χ2v) is 5.17. The zero-order valence-corrected chi connectivity index (χ0v) is 11.4. The van der Waals surface area contributed by atoms with Gasteiger partial charge in [0.1, 0.15) is 5.69 Å². The summed E-state index contributed by atoms with van der Waals surface area (Å²) < 4.78 is 1.53. The molecule has 0 spiro atoms. The van der Waals surface area contributed by atoms with E-state index in [1.165, 1.54) is 4.68 Å². The van der Waals surface area contributed by atoms with E-state index in [4.69, 9.17) is 5.73 Å². The second-order valence-electron chi connectivity index (χ2n) is 3.78. The molecule has 1 aromatic heterocycles. The standard InChI is InChI=1S/C11H20N4OS/c1-4-17-7-5-6-13-11(16)10-9(12)8(2)14-15(10)3/h4-7,12H2,1-3H3,(H,13,16). The number of aromatic nitrogens is 2. The van der Waals surface area contributed by atoms with Gasteiger partial charge in [-0.05, 0) is 24.9 Å².